The predicted octanol–water partition coefficient (Wildman–Crippen LogP) is 12.1. The van der Waals surface area contributed by atoms with Crippen molar-refractivity contribution >= 4 is 53.8 Å². The van der Waals surface area contributed by atoms with Gasteiger partial charge in [-0.05, 0) is 160 Å². The number of carbonyl (C=O) groups is 2. The molecule has 6 aliphatic carbocycles. The van der Waals surface area contributed by atoms with Gasteiger partial charge in [0.15, 0.2) is 29.4 Å². The van der Waals surface area contributed by atoms with Gasteiger partial charge >= 0.3 is 5.97 Å². The van der Waals surface area contributed by atoms with Gasteiger partial charge in [0.2, 0.25) is 0 Å². The lowest BCUT2D eigenvalue weighted by Crippen LogP contribution is -2.50. The summed E-state index contributed by atoms with van der Waals surface area (Å²) >= 11 is 0. The molecule has 0 aromatic heterocycles. The first-order valence-corrected chi connectivity index (χ1v) is 30.8. The van der Waals surface area contributed by atoms with Crippen LogP contribution >= 0.6 is 0 Å². The van der Waals surface area contributed by atoms with Gasteiger partial charge in [0.1, 0.15) is 12.4 Å². The highest BCUT2D eigenvalue weighted by atomic mass is 32.2. The minimum atomic E-state index is -4.33. The van der Waals surface area contributed by atoms with Crippen molar-refractivity contribution < 1.29 is 40.3 Å². The molecule has 0 N–H and O–H groups in total. The van der Waals surface area contributed by atoms with E-state index in [1.165, 1.54) is 54.2 Å². The molecule has 13 heteroatoms. The summed E-state index contributed by atoms with van der Waals surface area (Å²) in [5.41, 5.74) is -0.292. The fourth-order valence-corrected chi connectivity index (χ4v) is 18.2. The van der Waals surface area contributed by atoms with E-state index in [-0.39, 0.29) is 56.9 Å². The molecule has 6 bridgehead atoms. The van der Waals surface area contributed by atoms with Crippen LogP contribution in [0.3, 0.4) is 0 Å². The number of hydrogen-bond donors (Lipinski definition) is 0. The third-order valence-corrected chi connectivity index (χ3v) is 21.7. The van der Waals surface area contributed by atoms with E-state index in [2.05, 4.69) is 183 Å². The van der Waals surface area contributed by atoms with E-state index in [9.17, 15) is 35.5 Å². The number of carbonyl (C=O) groups excluding carboxylic acids is 2. The van der Waals surface area contributed by atoms with E-state index in [0.29, 0.717) is 30.6 Å². The molecule has 0 heterocycles. The molecule has 384 valence electrons. The summed E-state index contributed by atoms with van der Waals surface area (Å²) in [7, 11) is -8.67. The molecule has 6 saturated carbocycles. The molecule has 0 saturated heterocycles. The smallest absolute Gasteiger partial charge is 0.312 e. The van der Waals surface area contributed by atoms with Crippen molar-refractivity contribution in [3.63, 3.8) is 0 Å². The van der Waals surface area contributed by atoms with Crippen LogP contribution in [-0.4, -0.2) is 55.8 Å². The van der Waals surface area contributed by atoms with Crippen LogP contribution in [0.5, 0.6) is 0 Å². The molecule has 0 radical (unpaired) electrons. The Hall–Kier alpha value is -5.02. The summed E-state index contributed by atoms with van der Waals surface area (Å²) in [6.07, 6.45) is 8.26. The number of ketones is 1. The van der Waals surface area contributed by atoms with Gasteiger partial charge in [-0.25, -0.2) is 16.8 Å². The van der Waals surface area contributed by atoms with Gasteiger partial charge in [-0.1, -0.05) is 123 Å². The summed E-state index contributed by atoms with van der Waals surface area (Å²) in [6, 6.07) is 62.5. The monoisotopic (exact) mass is 1060 g/mol. The third kappa shape index (κ3) is 13.3. The van der Waals surface area contributed by atoms with Crippen LogP contribution in [0.2, 0.25) is 0 Å². The lowest BCUT2D eigenvalue weighted by atomic mass is 9.49. The number of benzene rings is 6. The standard InChI is InChI=1S/C19H17S.C18H15S.C13H20O5S.C10H16O4S/c1-16-12-14-19(15-13-16)20(17-8-4-2-5-9-17)18-10-6-3-7-11-18;1-4-10-16(11-5-1)19(17-12-6-2-7-13-17)18-14-8-3-9-15-18;14-12(18-1-2-19(15,16)17)13-6-9-3-10(7-13)5-11(4-9)8-13;1-9(2)7-3-4-10(9,8(11)5-7)6-15(12,13)14/h2-15H,1H3;1-15H;9-11H,1-8H2,(H,15,16,17);7H,3-6H2,1-2H3,(H,12,13,14)/q2*+1;;/p-2. The van der Waals surface area contributed by atoms with E-state index in [4.69, 9.17) is 4.74 Å². The van der Waals surface area contributed by atoms with Crippen molar-refractivity contribution in [2.45, 2.75) is 108 Å². The third-order valence-electron chi connectivity index (χ3n) is 15.8. The number of Topliss-reactive ketones (excluding diaryl/α,β-unsaturated/α-hetero) is 1. The van der Waals surface area contributed by atoms with Crippen LogP contribution in [-0.2, 0) is 56.4 Å². The average molecular weight is 1060 g/mol. The zero-order valence-electron chi connectivity index (χ0n) is 41.8. The van der Waals surface area contributed by atoms with E-state index in [1.54, 1.807) is 0 Å². The molecule has 2 atom stereocenters. The number of esters is 1. The Morgan fingerprint density at radius 1 is 0.562 bits per heavy atom. The highest BCUT2D eigenvalue weighted by Gasteiger charge is 2.64. The zero-order chi connectivity index (χ0) is 51.9. The Labute approximate surface area is 438 Å². The van der Waals surface area contributed by atoms with E-state index >= 15 is 0 Å². The van der Waals surface area contributed by atoms with Crippen molar-refractivity contribution in [2.75, 3.05) is 18.1 Å². The molecule has 0 amide bonds. The lowest BCUT2D eigenvalue weighted by Gasteiger charge is -2.55. The van der Waals surface area contributed by atoms with Gasteiger partial charge in [0.05, 0.1) is 58.9 Å². The van der Waals surface area contributed by atoms with Crippen molar-refractivity contribution in [2.24, 2.45) is 39.9 Å². The van der Waals surface area contributed by atoms with E-state index in [1.807, 2.05) is 13.8 Å². The second-order valence-corrected chi connectivity index (χ2v) is 27.9. The minimum absolute atomic E-state index is 0.0146. The van der Waals surface area contributed by atoms with Gasteiger partial charge in [0.25, 0.3) is 0 Å². The molecule has 2 unspecified atom stereocenters. The zero-order valence-corrected chi connectivity index (χ0v) is 45.1. The summed E-state index contributed by atoms with van der Waals surface area (Å²) in [5, 5.41) is 0. The summed E-state index contributed by atoms with van der Waals surface area (Å²) in [4.78, 5) is 32.3. The molecule has 0 spiro atoms. The first-order chi connectivity index (χ1) is 34.8. The molecule has 6 aromatic carbocycles. The molecule has 6 aliphatic rings. The number of hydrogen-bond acceptors (Lipinski definition) is 9. The Bertz CT molecular complexity index is 2820. The summed E-state index contributed by atoms with van der Waals surface area (Å²) < 4.78 is 69.3. The maximum absolute atomic E-state index is 12.3. The van der Waals surface area contributed by atoms with Crippen LogP contribution in [0.1, 0.15) is 77.2 Å². The molecule has 12 rings (SSSR count). The fraction of sp³-hybridized carbons (Fsp3) is 0.367. The second-order valence-electron chi connectivity index (χ2n) is 21.0. The Morgan fingerprint density at radius 3 is 1.22 bits per heavy atom. The van der Waals surface area contributed by atoms with Crippen molar-refractivity contribution in [1.29, 1.82) is 0 Å². The molecule has 9 nitrogen and oxygen atoms in total. The van der Waals surface area contributed by atoms with Gasteiger partial charge < -0.3 is 13.8 Å². The Kier molecular flexibility index (Phi) is 17.3. The van der Waals surface area contributed by atoms with Crippen molar-refractivity contribution in [1.82, 2.24) is 0 Å². The highest BCUT2D eigenvalue weighted by Crippen LogP contribution is 2.64. The van der Waals surface area contributed by atoms with Crippen molar-refractivity contribution in [3.05, 3.63) is 181 Å². The van der Waals surface area contributed by atoms with Gasteiger partial charge in [-0.15, -0.1) is 0 Å². The normalized spacial score (nSPS) is 24.1. The predicted molar refractivity (Wildman–Crippen MR) is 287 cm³/mol. The summed E-state index contributed by atoms with van der Waals surface area (Å²) in [6.45, 7) is 5.67. The second kappa shape index (κ2) is 23.3. The van der Waals surface area contributed by atoms with Crippen LogP contribution < -0.4 is 0 Å². The minimum Gasteiger partial charge on any atom is -0.748 e. The van der Waals surface area contributed by atoms with Crippen LogP contribution in [0.15, 0.2) is 205 Å². The van der Waals surface area contributed by atoms with E-state index < -0.39 is 37.2 Å². The number of ether oxygens (including phenoxy) is 1. The molecule has 6 aromatic rings. The largest absolute Gasteiger partial charge is 0.748 e. The topological polar surface area (TPSA) is 158 Å². The number of aryl methyl sites for hydroxylation is 1. The first kappa shape index (κ1) is 54.2. The number of fused-ring (bicyclic) bond motifs is 2. The Morgan fingerprint density at radius 2 is 0.918 bits per heavy atom. The molecular weight excluding hydrogens is 993 g/mol. The summed E-state index contributed by atoms with van der Waals surface area (Å²) in [5.74, 6) is 0.754. The van der Waals surface area contributed by atoms with Gasteiger partial charge in [0, 0.05) is 11.8 Å². The maximum Gasteiger partial charge on any atom is 0.312 e. The average Bonchev–Trinajstić information content (AvgIpc) is 3.70. The van der Waals surface area contributed by atoms with Crippen molar-refractivity contribution in [3.8, 4) is 0 Å². The van der Waals surface area contributed by atoms with Crippen LogP contribution in [0.4, 0.5) is 0 Å². The SMILES string of the molecule is CC1(C)C2CCC1(CS(=O)(=O)[O-])C(=O)C2.Cc1ccc([S+](c2ccccc2)c2ccccc2)cc1.O=C(OCCS(=O)(=O)[O-])C12CC3CC(CC(C3)C1)C2.c1ccc([S+](c2ccccc2)c2ccccc2)cc1. The molecule has 73 heavy (non-hydrogen) atoms. The van der Waals surface area contributed by atoms with E-state index in [0.717, 1.165) is 25.7 Å². The maximum atomic E-state index is 12.3. The first-order valence-electron chi connectivity index (χ1n) is 25.2. The molecular formula is C60H66O9S4. The highest BCUT2D eigenvalue weighted by molar-refractivity contribution is 7.97. The lowest BCUT2D eigenvalue weighted by molar-refractivity contribution is -0.170. The fourth-order valence-electron chi connectivity index (χ4n) is 12.4. The number of rotatable bonds is 12. The van der Waals surface area contributed by atoms with Crippen LogP contribution in [0, 0.1) is 46.8 Å². The van der Waals surface area contributed by atoms with Gasteiger partial charge in [-0.3, -0.25) is 9.59 Å². The van der Waals surface area contributed by atoms with Gasteiger partial charge in [-0.2, -0.15) is 0 Å². The molecule has 6 fully saturated rings. The Balaban J connectivity index is 0.000000131. The molecule has 0 aliphatic heterocycles. The quantitative estimate of drug-likeness (QED) is 0.0661. The van der Waals surface area contributed by atoms with Crippen LogP contribution in [0.25, 0.3) is 0 Å².